The van der Waals surface area contributed by atoms with Crippen LogP contribution in [0.15, 0.2) is 29.7 Å². The van der Waals surface area contributed by atoms with Crippen molar-refractivity contribution < 1.29 is 13.2 Å². The lowest BCUT2D eigenvalue weighted by Crippen LogP contribution is -2.43. The lowest BCUT2D eigenvalue weighted by atomic mass is 9.99. The first-order valence-electron chi connectivity index (χ1n) is 11.6. The molecule has 0 spiro atoms. The number of aryl methyl sites for hydroxylation is 3. The highest BCUT2D eigenvalue weighted by Crippen LogP contribution is 2.26. The minimum absolute atomic E-state index is 0.147. The Morgan fingerprint density at radius 2 is 1.91 bits per heavy atom. The number of piperidine rings is 1. The first kappa shape index (κ1) is 24.1. The van der Waals surface area contributed by atoms with Gasteiger partial charge in [0.1, 0.15) is 4.90 Å². The molecule has 1 fully saturated rings. The van der Waals surface area contributed by atoms with E-state index in [0.29, 0.717) is 43.9 Å². The molecule has 3 aromatic rings. The maximum absolute atomic E-state index is 13.2. The van der Waals surface area contributed by atoms with Gasteiger partial charge in [-0.25, -0.2) is 8.42 Å². The van der Waals surface area contributed by atoms with Gasteiger partial charge in [0.25, 0.3) is 0 Å². The number of nitrogens with zero attached hydrogens (tertiary/aromatic N) is 7. The molecule has 0 bridgehead atoms. The van der Waals surface area contributed by atoms with E-state index in [2.05, 4.69) is 20.6 Å². The average molecular weight is 489 g/mol. The lowest BCUT2D eigenvalue weighted by Gasteiger charge is -2.30. The van der Waals surface area contributed by atoms with Crippen molar-refractivity contribution in [2.24, 2.45) is 5.92 Å². The number of hydrogen-bond donors (Lipinski definition) is 1. The summed E-state index contributed by atoms with van der Waals surface area (Å²) < 4.78 is 33.1. The van der Waals surface area contributed by atoms with Crippen LogP contribution in [0.2, 0.25) is 0 Å². The molecule has 4 rings (SSSR count). The number of rotatable bonds is 8. The number of carbonyl (C=O) groups is 1. The van der Waals surface area contributed by atoms with Crippen LogP contribution in [0.5, 0.6) is 0 Å². The molecule has 0 saturated carbocycles. The highest BCUT2D eigenvalue weighted by molar-refractivity contribution is 7.89. The summed E-state index contributed by atoms with van der Waals surface area (Å²) in [7, 11) is -3.71. The van der Waals surface area contributed by atoms with Crippen molar-refractivity contribution in [3.8, 4) is 0 Å². The molecule has 0 aromatic carbocycles. The van der Waals surface area contributed by atoms with Gasteiger partial charge in [0.15, 0.2) is 0 Å². The Hall–Kier alpha value is -2.99. The van der Waals surface area contributed by atoms with Gasteiger partial charge < -0.3 is 5.32 Å². The molecular formula is C22H32N8O3S. The van der Waals surface area contributed by atoms with Crippen LogP contribution in [0, 0.1) is 19.8 Å². The molecule has 1 amide bonds. The number of carbonyl (C=O) groups excluding carboxylic acids is 1. The average Bonchev–Trinajstić information content (AvgIpc) is 3.53. The van der Waals surface area contributed by atoms with Crippen molar-refractivity contribution in [3.05, 3.63) is 41.7 Å². The Morgan fingerprint density at radius 3 is 2.59 bits per heavy atom. The number of anilines is 1. The number of aromatic nitrogens is 6. The third-order valence-corrected chi connectivity index (χ3v) is 8.30. The van der Waals surface area contributed by atoms with E-state index in [-0.39, 0.29) is 17.3 Å². The summed E-state index contributed by atoms with van der Waals surface area (Å²) >= 11 is 0. The minimum atomic E-state index is -3.71. The predicted molar refractivity (Wildman–Crippen MR) is 127 cm³/mol. The Bertz CT molecular complexity index is 1270. The van der Waals surface area contributed by atoms with Gasteiger partial charge in [-0.15, -0.1) is 0 Å². The molecule has 12 heteroatoms. The molecule has 1 atom stereocenters. The molecule has 1 aliphatic heterocycles. The Balaban J connectivity index is 1.41. The second kappa shape index (κ2) is 9.71. The summed E-state index contributed by atoms with van der Waals surface area (Å²) in [5, 5.41) is 15.9. The smallest absolute Gasteiger partial charge is 0.246 e. The van der Waals surface area contributed by atoms with Crippen molar-refractivity contribution in [2.45, 2.75) is 65.1 Å². The predicted octanol–water partition coefficient (Wildman–Crippen LogP) is 2.02. The Labute approximate surface area is 199 Å². The zero-order valence-electron chi connectivity index (χ0n) is 20.1. The molecule has 11 nitrogen and oxygen atoms in total. The molecule has 1 N–H and O–H groups in total. The zero-order chi connectivity index (χ0) is 24.5. The van der Waals surface area contributed by atoms with Crippen LogP contribution in [-0.2, 0) is 34.5 Å². The fourth-order valence-electron chi connectivity index (χ4n) is 4.32. The van der Waals surface area contributed by atoms with Crippen molar-refractivity contribution in [1.29, 1.82) is 0 Å². The SMILES string of the molecule is CCn1cc(S(=O)(=O)N2CCC[C@@H](C(=O)Nc3cnn(Cc4cnn(CC)c4C)c3)C2)c(C)n1. The van der Waals surface area contributed by atoms with Crippen LogP contribution >= 0.6 is 0 Å². The molecule has 0 aliphatic carbocycles. The number of hydrogen-bond acceptors (Lipinski definition) is 6. The maximum atomic E-state index is 13.2. The summed E-state index contributed by atoms with van der Waals surface area (Å²) in [6, 6.07) is 0. The largest absolute Gasteiger partial charge is 0.323 e. The van der Waals surface area contributed by atoms with Crippen LogP contribution in [0.1, 0.15) is 43.6 Å². The second-order valence-corrected chi connectivity index (χ2v) is 10.5. The van der Waals surface area contributed by atoms with E-state index in [1.165, 1.54) is 4.31 Å². The van der Waals surface area contributed by atoms with Gasteiger partial charge in [0, 0.05) is 49.8 Å². The van der Waals surface area contributed by atoms with E-state index in [4.69, 9.17) is 0 Å². The van der Waals surface area contributed by atoms with Crippen LogP contribution in [-0.4, -0.2) is 61.1 Å². The van der Waals surface area contributed by atoms with Crippen LogP contribution < -0.4 is 5.32 Å². The summed E-state index contributed by atoms with van der Waals surface area (Å²) in [6.45, 7) is 10.2. The molecule has 3 aromatic heterocycles. The molecule has 184 valence electrons. The topological polar surface area (TPSA) is 120 Å². The van der Waals surface area contributed by atoms with Gasteiger partial charge in [0.05, 0.1) is 36.2 Å². The normalized spacial score (nSPS) is 17.2. The van der Waals surface area contributed by atoms with Crippen LogP contribution in [0.3, 0.4) is 0 Å². The first-order valence-corrected chi connectivity index (χ1v) is 13.1. The van der Waals surface area contributed by atoms with Crippen LogP contribution in [0.25, 0.3) is 0 Å². The number of sulfonamides is 1. The highest BCUT2D eigenvalue weighted by atomic mass is 32.2. The van der Waals surface area contributed by atoms with E-state index in [1.807, 2.05) is 31.6 Å². The standard InChI is InChI=1S/C22H32N8O3S/c1-5-27-15-21(16(3)26-27)34(32,33)29-9-7-8-18(13-29)22(31)25-20-11-23-28(14-20)12-19-10-24-30(6-2)17(19)4/h10-11,14-15,18H,5-9,12-13H2,1-4H3,(H,25,31)/t18-/m1/s1. The van der Waals surface area contributed by atoms with Gasteiger partial charge in [0.2, 0.25) is 15.9 Å². The zero-order valence-corrected chi connectivity index (χ0v) is 20.9. The van der Waals surface area contributed by atoms with E-state index < -0.39 is 15.9 Å². The summed E-state index contributed by atoms with van der Waals surface area (Å²) in [4.78, 5) is 13.2. The summed E-state index contributed by atoms with van der Waals surface area (Å²) in [6.07, 6.45) is 8.04. The van der Waals surface area contributed by atoms with Crippen molar-refractivity contribution in [3.63, 3.8) is 0 Å². The number of amides is 1. The third-order valence-electron chi connectivity index (χ3n) is 6.34. The fourth-order valence-corrected chi connectivity index (χ4v) is 6.01. The third kappa shape index (κ3) is 4.78. The molecular weight excluding hydrogens is 456 g/mol. The number of nitrogens with one attached hydrogen (secondary N) is 1. The summed E-state index contributed by atoms with van der Waals surface area (Å²) in [5.41, 5.74) is 3.22. The molecule has 1 saturated heterocycles. The van der Waals surface area contributed by atoms with Gasteiger partial charge in [-0.05, 0) is 40.5 Å². The van der Waals surface area contributed by atoms with Crippen molar-refractivity contribution >= 4 is 21.6 Å². The van der Waals surface area contributed by atoms with E-state index >= 15 is 0 Å². The van der Waals surface area contributed by atoms with E-state index in [1.54, 1.807) is 34.9 Å². The monoisotopic (exact) mass is 488 g/mol. The fraction of sp³-hybridized carbons (Fsp3) is 0.545. The maximum Gasteiger partial charge on any atom is 0.246 e. The van der Waals surface area contributed by atoms with Crippen molar-refractivity contribution in [2.75, 3.05) is 18.4 Å². The molecule has 34 heavy (non-hydrogen) atoms. The molecule has 0 unspecified atom stereocenters. The van der Waals surface area contributed by atoms with Gasteiger partial charge >= 0.3 is 0 Å². The first-order chi connectivity index (χ1) is 16.2. The van der Waals surface area contributed by atoms with Crippen LogP contribution in [0.4, 0.5) is 5.69 Å². The quantitative estimate of drug-likeness (QED) is 0.518. The molecule has 1 aliphatic rings. The summed E-state index contributed by atoms with van der Waals surface area (Å²) in [5.74, 6) is -0.631. The molecule has 4 heterocycles. The lowest BCUT2D eigenvalue weighted by molar-refractivity contribution is -0.120. The van der Waals surface area contributed by atoms with Crippen molar-refractivity contribution in [1.82, 2.24) is 33.6 Å². The highest BCUT2D eigenvalue weighted by Gasteiger charge is 2.35. The van der Waals surface area contributed by atoms with Gasteiger partial charge in [-0.1, -0.05) is 0 Å². The van der Waals surface area contributed by atoms with Gasteiger partial charge in [-0.2, -0.15) is 19.6 Å². The second-order valence-electron chi connectivity index (χ2n) is 8.62. The van der Waals surface area contributed by atoms with E-state index in [0.717, 1.165) is 17.8 Å². The Morgan fingerprint density at radius 1 is 1.12 bits per heavy atom. The van der Waals surface area contributed by atoms with Gasteiger partial charge in [-0.3, -0.25) is 18.8 Å². The minimum Gasteiger partial charge on any atom is -0.323 e. The Kier molecular flexibility index (Phi) is 6.89. The van der Waals surface area contributed by atoms with E-state index in [9.17, 15) is 13.2 Å². The molecule has 0 radical (unpaired) electrons.